The lowest BCUT2D eigenvalue weighted by Gasteiger charge is -2.32. The van der Waals surface area contributed by atoms with Crippen LogP contribution in [0.1, 0.15) is 40.5 Å². The molecule has 0 aliphatic carbocycles. The molecule has 1 fully saturated rings. The van der Waals surface area contributed by atoms with Crippen molar-refractivity contribution in [3.05, 3.63) is 0 Å². The maximum Gasteiger partial charge on any atom is 0.0679 e. The van der Waals surface area contributed by atoms with E-state index in [0.717, 1.165) is 32.6 Å². The van der Waals surface area contributed by atoms with E-state index in [9.17, 15) is 5.11 Å². The van der Waals surface area contributed by atoms with Crippen molar-refractivity contribution in [1.29, 1.82) is 0 Å². The van der Waals surface area contributed by atoms with Crippen molar-refractivity contribution >= 4 is 0 Å². The third kappa shape index (κ3) is 4.40. The van der Waals surface area contributed by atoms with Gasteiger partial charge in [0.1, 0.15) is 0 Å². The second-order valence-corrected chi connectivity index (χ2v) is 6.01. The van der Waals surface area contributed by atoms with Crippen LogP contribution in [0.25, 0.3) is 0 Å². The van der Waals surface area contributed by atoms with Gasteiger partial charge in [0.15, 0.2) is 0 Å². The molecule has 3 nitrogen and oxygen atoms in total. The number of aliphatic hydroxyl groups excluding tert-OH is 1. The van der Waals surface area contributed by atoms with Gasteiger partial charge in [-0.15, -0.1) is 0 Å². The third-order valence-electron chi connectivity index (χ3n) is 3.48. The summed E-state index contributed by atoms with van der Waals surface area (Å²) in [4.78, 5) is 2.38. The van der Waals surface area contributed by atoms with Crippen LogP contribution in [0, 0.1) is 5.41 Å². The Hall–Kier alpha value is -0.120. The second-order valence-electron chi connectivity index (χ2n) is 6.01. The zero-order valence-corrected chi connectivity index (χ0v) is 11.3. The molecule has 0 saturated carbocycles. The van der Waals surface area contributed by atoms with Crippen molar-refractivity contribution in [3.63, 3.8) is 0 Å². The Labute approximate surface area is 100 Å². The number of hydrogen-bond donors (Lipinski definition) is 2. The predicted octanol–water partition coefficient (Wildman–Crippen LogP) is 1.47. The Morgan fingerprint density at radius 2 is 2.12 bits per heavy atom. The summed E-state index contributed by atoms with van der Waals surface area (Å²) in [5.74, 6) is 0. The van der Waals surface area contributed by atoms with E-state index in [1.165, 1.54) is 6.42 Å². The van der Waals surface area contributed by atoms with E-state index < -0.39 is 0 Å². The van der Waals surface area contributed by atoms with E-state index in [0.29, 0.717) is 11.5 Å². The minimum atomic E-state index is -0.0905. The Bertz CT molecular complexity index is 201. The highest BCUT2D eigenvalue weighted by molar-refractivity contribution is 4.83. The number of hydrogen-bond acceptors (Lipinski definition) is 3. The van der Waals surface area contributed by atoms with Crippen LogP contribution in [0.3, 0.4) is 0 Å². The molecular weight excluding hydrogens is 200 g/mol. The van der Waals surface area contributed by atoms with Crippen LogP contribution in [0.5, 0.6) is 0 Å². The van der Waals surface area contributed by atoms with E-state index >= 15 is 0 Å². The van der Waals surface area contributed by atoms with E-state index in [1.54, 1.807) is 0 Å². The highest BCUT2D eigenvalue weighted by Gasteiger charge is 2.26. The lowest BCUT2D eigenvalue weighted by atomic mass is 9.84. The molecular formula is C13H28N2O. The number of rotatable bonds is 5. The highest BCUT2D eigenvalue weighted by Crippen LogP contribution is 2.22. The molecule has 1 rings (SSSR count). The van der Waals surface area contributed by atoms with Gasteiger partial charge in [-0.3, -0.25) is 0 Å². The van der Waals surface area contributed by atoms with Gasteiger partial charge in [-0.25, -0.2) is 0 Å². The van der Waals surface area contributed by atoms with Crippen LogP contribution in [-0.2, 0) is 0 Å². The summed E-state index contributed by atoms with van der Waals surface area (Å²) in [5, 5.41) is 13.0. The molecule has 0 radical (unpaired) electrons. The molecule has 1 aliphatic rings. The van der Waals surface area contributed by atoms with Crippen molar-refractivity contribution in [2.45, 2.75) is 52.7 Å². The first kappa shape index (κ1) is 13.9. The van der Waals surface area contributed by atoms with Crippen LogP contribution in [0.2, 0.25) is 0 Å². The zero-order chi connectivity index (χ0) is 12.2. The van der Waals surface area contributed by atoms with E-state index in [-0.39, 0.29) is 6.10 Å². The minimum Gasteiger partial charge on any atom is -0.392 e. The first-order chi connectivity index (χ1) is 7.43. The van der Waals surface area contributed by atoms with Crippen LogP contribution < -0.4 is 5.32 Å². The van der Waals surface area contributed by atoms with Gasteiger partial charge in [-0.1, -0.05) is 27.7 Å². The summed E-state index contributed by atoms with van der Waals surface area (Å²) in [6.07, 6.45) is 2.03. The van der Waals surface area contributed by atoms with Crippen molar-refractivity contribution in [2.75, 3.05) is 26.2 Å². The van der Waals surface area contributed by atoms with Gasteiger partial charge in [0.2, 0.25) is 0 Å². The molecule has 96 valence electrons. The van der Waals surface area contributed by atoms with Crippen molar-refractivity contribution in [1.82, 2.24) is 10.2 Å². The smallest absolute Gasteiger partial charge is 0.0679 e. The number of nitrogens with one attached hydrogen (secondary N) is 1. The van der Waals surface area contributed by atoms with E-state index in [4.69, 9.17) is 0 Å². The maximum atomic E-state index is 9.47. The van der Waals surface area contributed by atoms with Crippen molar-refractivity contribution in [2.24, 2.45) is 5.41 Å². The SMILES string of the molecule is CCNC(CCN1CCC(O)C1)C(C)(C)C. The number of aliphatic hydroxyl groups is 1. The topological polar surface area (TPSA) is 35.5 Å². The number of nitrogens with zero attached hydrogens (tertiary/aromatic N) is 1. The van der Waals surface area contributed by atoms with Crippen molar-refractivity contribution in [3.8, 4) is 0 Å². The van der Waals surface area contributed by atoms with Crippen LogP contribution >= 0.6 is 0 Å². The fourth-order valence-electron chi connectivity index (χ4n) is 2.41. The number of β-amino-alcohol motifs (C(OH)–C–C–N with tert-alkyl or cyclic N) is 1. The highest BCUT2D eigenvalue weighted by atomic mass is 16.3. The summed E-state index contributed by atoms with van der Waals surface area (Å²) in [6, 6.07) is 0.565. The van der Waals surface area contributed by atoms with E-state index in [2.05, 4.69) is 37.9 Å². The molecule has 0 aromatic rings. The van der Waals surface area contributed by atoms with Crippen LogP contribution in [0.4, 0.5) is 0 Å². The summed E-state index contributed by atoms with van der Waals surface area (Å²) >= 11 is 0. The summed E-state index contributed by atoms with van der Waals surface area (Å²) < 4.78 is 0. The van der Waals surface area contributed by atoms with Crippen LogP contribution in [-0.4, -0.2) is 48.3 Å². The second kappa shape index (κ2) is 5.99. The van der Waals surface area contributed by atoms with Crippen LogP contribution in [0.15, 0.2) is 0 Å². The summed E-state index contributed by atoms with van der Waals surface area (Å²) in [5.41, 5.74) is 0.314. The third-order valence-corrected chi connectivity index (χ3v) is 3.48. The molecule has 2 unspecified atom stereocenters. The minimum absolute atomic E-state index is 0.0905. The zero-order valence-electron chi connectivity index (χ0n) is 11.3. The lowest BCUT2D eigenvalue weighted by molar-refractivity contribution is 0.169. The standard InChI is InChI=1S/C13H28N2O/c1-5-14-12(13(2,3)4)7-9-15-8-6-11(16)10-15/h11-12,14,16H,5-10H2,1-4H3. The molecule has 0 aromatic carbocycles. The quantitative estimate of drug-likeness (QED) is 0.748. The Balaban J connectivity index is 2.32. The molecule has 2 atom stereocenters. The van der Waals surface area contributed by atoms with Gasteiger partial charge in [0.25, 0.3) is 0 Å². The molecule has 2 N–H and O–H groups in total. The lowest BCUT2D eigenvalue weighted by Crippen LogP contribution is -2.42. The normalized spacial score (nSPS) is 24.9. The first-order valence-corrected chi connectivity index (χ1v) is 6.57. The fraction of sp³-hybridized carbons (Fsp3) is 1.00. The molecule has 1 saturated heterocycles. The maximum absolute atomic E-state index is 9.47. The molecule has 16 heavy (non-hydrogen) atoms. The monoisotopic (exact) mass is 228 g/mol. The first-order valence-electron chi connectivity index (χ1n) is 6.57. The molecule has 3 heteroatoms. The van der Waals surface area contributed by atoms with Gasteiger partial charge < -0.3 is 15.3 Å². The molecule has 0 spiro atoms. The molecule has 0 aromatic heterocycles. The molecule has 0 bridgehead atoms. The predicted molar refractivity (Wildman–Crippen MR) is 68.6 cm³/mol. The van der Waals surface area contributed by atoms with Gasteiger partial charge in [-0.2, -0.15) is 0 Å². The van der Waals surface area contributed by atoms with Crippen molar-refractivity contribution < 1.29 is 5.11 Å². The average molecular weight is 228 g/mol. The fourth-order valence-corrected chi connectivity index (χ4v) is 2.41. The molecule has 1 aliphatic heterocycles. The Morgan fingerprint density at radius 3 is 2.56 bits per heavy atom. The Morgan fingerprint density at radius 1 is 1.44 bits per heavy atom. The summed E-state index contributed by atoms with van der Waals surface area (Å²) in [7, 11) is 0. The molecule has 1 heterocycles. The Kier molecular flexibility index (Phi) is 5.22. The van der Waals surface area contributed by atoms with Gasteiger partial charge in [-0.05, 0) is 31.3 Å². The largest absolute Gasteiger partial charge is 0.392 e. The van der Waals surface area contributed by atoms with E-state index in [1.807, 2.05) is 0 Å². The van der Waals surface area contributed by atoms with Gasteiger partial charge in [0, 0.05) is 19.1 Å². The van der Waals surface area contributed by atoms with Gasteiger partial charge in [0.05, 0.1) is 6.10 Å². The average Bonchev–Trinajstić information content (AvgIpc) is 2.57. The molecule has 0 amide bonds. The summed E-state index contributed by atoms with van der Waals surface area (Å²) in [6.45, 7) is 13.1. The van der Waals surface area contributed by atoms with Gasteiger partial charge >= 0.3 is 0 Å². The number of likely N-dealkylation sites (tertiary alicyclic amines) is 1.